The van der Waals surface area contributed by atoms with Gasteiger partial charge in [0, 0.05) is 6.07 Å². The number of rotatable bonds is 0. The van der Waals surface area contributed by atoms with Crippen LogP contribution in [0.1, 0.15) is 0 Å². The zero-order valence-electron chi connectivity index (χ0n) is 2.97. The molecule has 0 saturated heterocycles. The summed E-state index contributed by atoms with van der Waals surface area (Å²) >= 11 is 1.07. The maximum atomic E-state index is 6.80. The summed E-state index contributed by atoms with van der Waals surface area (Å²) in [6, 6.07) is 1.60. The summed E-state index contributed by atoms with van der Waals surface area (Å²) in [5, 5.41) is 6.80. The van der Waals surface area contributed by atoms with Gasteiger partial charge in [0.25, 0.3) is 0 Å². The standard InChI is InChI=1S/C3H3NOS/c4-3-1-2-5-6-3/h1-2,4H. The Morgan fingerprint density at radius 3 is 2.83 bits per heavy atom. The summed E-state index contributed by atoms with van der Waals surface area (Å²) in [4.78, 5) is 0. The first-order valence-corrected chi connectivity index (χ1v) is 2.22. The van der Waals surface area contributed by atoms with Gasteiger partial charge in [-0.1, -0.05) is 0 Å². The van der Waals surface area contributed by atoms with Crippen LogP contribution in [0.25, 0.3) is 0 Å². The molecule has 0 fully saturated rings. The van der Waals surface area contributed by atoms with Crippen LogP contribution >= 0.6 is 11.6 Å². The highest BCUT2D eigenvalue weighted by Crippen LogP contribution is 1.81. The van der Waals surface area contributed by atoms with Crippen LogP contribution in [-0.2, 0) is 0 Å². The summed E-state index contributed by atoms with van der Waals surface area (Å²) in [5.41, 5.74) is 0. The van der Waals surface area contributed by atoms with Gasteiger partial charge in [-0.25, -0.2) is 0 Å². The molecule has 1 aromatic rings. The second-order valence-corrected chi connectivity index (χ2v) is 1.65. The van der Waals surface area contributed by atoms with Gasteiger partial charge in [0.1, 0.15) is 10.9 Å². The Bertz CT molecular complexity index is 149. The smallest absolute Gasteiger partial charge is 0.146 e. The topological polar surface area (TPSA) is 37.0 Å². The highest BCUT2D eigenvalue weighted by molar-refractivity contribution is 7.00. The maximum Gasteiger partial charge on any atom is 0.146 e. The Balaban J connectivity index is 3.41. The summed E-state index contributed by atoms with van der Waals surface area (Å²) in [6.07, 6.45) is 1.49. The van der Waals surface area contributed by atoms with Crippen LogP contribution in [0.4, 0.5) is 0 Å². The third-order valence-electron chi connectivity index (χ3n) is 0.413. The molecule has 1 heterocycles. The second kappa shape index (κ2) is 1.26. The van der Waals surface area contributed by atoms with Crippen molar-refractivity contribution in [1.29, 1.82) is 5.41 Å². The molecule has 0 aliphatic carbocycles. The van der Waals surface area contributed by atoms with Gasteiger partial charge in [0.05, 0.1) is 11.6 Å². The SMILES string of the molecule is N=c1ccos1. The molecule has 1 aromatic heterocycles. The third kappa shape index (κ3) is 0.490. The van der Waals surface area contributed by atoms with Crippen LogP contribution < -0.4 is 4.67 Å². The summed E-state index contributed by atoms with van der Waals surface area (Å²) < 4.78 is 5.04. The first-order chi connectivity index (χ1) is 2.89. The van der Waals surface area contributed by atoms with Crippen LogP contribution in [0.3, 0.4) is 0 Å². The van der Waals surface area contributed by atoms with Gasteiger partial charge in [-0.3, -0.25) is 5.41 Å². The zero-order chi connectivity index (χ0) is 4.41. The van der Waals surface area contributed by atoms with Crippen molar-refractivity contribution in [1.82, 2.24) is 0 Å². The van der Waals surface area contributed by atoms with Gasteiger partial charge in [0.2, 0.25) is 0 Å². The van der Waals surface area contributed by atoms with Crippen LogP contribution in [0.2, 0.25) is 0 Å². The van der Waals surface area contributed by atoms with Crippen LogP contribution in [0.5, 0.6) is 0 Å². The minimum absolute atomic E-state index is 0.468. The Morgan fingerprint density at radius 1 is 1.83 bits per heavy atom. The molecule has 0 aliphatic heterocycles. The number of hydrogen-bond donors (Lipinski definition) is 1. The fourth-order valence-electron chi connectivity index (χ4n) is 0.197. The molecule has 1 N–H and O–H groups in total. The van der Waals surface area contributed by atoms with E-state index in [-0.39, 0.29) is 0 Å². The van der Waals surface area contributed by atoms with Crippen LogP contribution in [-0.4, -0.2) is 0 Å². The van der Waals surface area contributed by atoms with Gasteiger partial charge in [-0.05, 0) is 0 Å². The van der Waals surface area contributed by atoms with Gasteiger partial charge in [0.15, 0.2) is 0 Å². The van der Waals surface area contributed by atoms with E-state index in [0.29, 0.717) is 4.67 Å². The van der Waals surface area contributed by atoms with Crippen molar-refractivity contribution < 1.29 is 3.85 Å². The monoisotopic (exact) mass is 101 g/mol. The molecule has 0 aliphatic rings. The minimum Gasteiger partial charge on any atom is -0.408 e. The normalized spacial score (nSPS) is 8.67. The van der Waals surface area contributed by atoms with Crippen molar-refractivity contribution in [2.45, 2.75) is 0 Å². The van der Waals surface area contributed by atoms with Crippen molar-refractivity contribution >= 4 is 11.6 Å². The third-order valence-corrected chi connectivity index (χ3v) is 0.936. The predicted octanol–water partition coefficient (Wildman–Crippen LogP) is 0.821. The van der Waals surface area contributed by atoms with Crippen molar-refractivity contribution in [3.63, 3.8) is 0 Å². The lowest BCUT2D eigenvalue weighted by Crippen LogP contribution is -1.79. The van der Waals surface area contributed by atoms with E-state index in [1.165, 1.54) is 6.26 Å². The van der Waals surface area contributed by atoms with Gasteiger partial charge < -0.3 is 3.85 Å². The minimum atomic E-state index is 0.468. The molecule has 6 heavy (non-hydrogen) atoms. The highest BCUT2D eigenvalue weighted by atomic mass is 32.1. The summed E-state index contributed by atoms with van der Waals surface area (Å²) in [7, 11) is 0. The maximum absolute atomic E-state index is 6.80. The molecule has 32 valence electrons. The molecule has 1 rings (SSSR count). The lowest BCUT2D eigenvalue weighted by Gasteiger charge is -1.49. The molecule has 0 saturated carbocycles. The average molecular weight is 101 g/mol. The molecule has 0 atom stereocenters. The van der Waals surface area contributed by atoms with Crippen molar-refractivity contribution in [3.8, 4) is 0 Å². The Hall–Kier alpha value is -0.570. The van der Waals surface area contributed by atoms with E-state index in [1.54, 1.807) is 6.07 Å². The highest BCUT2D eigenvalue weighted by Gasteiger charge is 1.71. The Kier molecular flexibility index (Phi) is 0.759. The summed E-state index contributed by atoms with van der Waals surface area (Å²) in [6.45, 7) is 0. The van der Waals surface area contributed by atoms with E-state index in [0.717, 1.165) is 11.6 Å². The molecule has 0 spiro atoms. The van der Waals surface area contributed by atoms with E-state index in [9.17, 15) is 0 Å². The molecule has 2 nitrogen and oxygen atoms in total. The molecule has 0 unspecified atom stereocenters. The van der Waals surface area contributed by atoms with Gasteiger partial charge in [-0.15, -0.1) is 0 Å². The van der Waals surface area contributed by atoms with E-state index in [2.05, 4.69) is 3.85 Å². The molecule has 0 radical (unpaired) electrons. The van der Waals surface area contributed by atoms with Gasteiger partial charge >= 0.3 is 0 Å². The first-order valence-electron chi connectivity index (χ1n) is 1.48. The van der Waals surface area contributed by atoms with Crippen molar-refractivity contribution in [3.05, 3.63) is 17.0 Å². The van der Waals surface area contributed by atoms with E-state index in [1.807, 2.05) is 0 Å². The zero-order valence-corrected chi connectivity index (χ0v) is 3.79. The van der Waals surface area contributed by atoms with Crippen molar-refractivity contribution in [2.24, 2.45) is 0 Å². The van der Waals surface area contributed by atoms with E-state index in [4.69, 9.17) is 5.41 Å². The van der Waals surface area contributed by atoms with Crippen LogP contribution in [0.15, 0.2) is 16.2 Å². The Labute approximate surface area is 38.8 Å². The average Bonchev–Trinajstić information content (AvgIpc) is 1.86. The quantitative estimate of drug-likeness (QED) is 0.516. The van der Waals surface area contributed by atoms with Crippen molar-refractivity contribution in [2.75, 3.05) is 0 Å². The fraction of sp³-hybridized carbons (Fsp3) is 0. The fourth-order valence-corrected chi connectivity index (χ4v) is 0.523. The second-order valence-electron chi connectivity index (χ2n) is 0.847. The molecule has 0 amide bonds. The van der Waals surface area contributed by atoms with Gasteiger partial charge in [-0.2, -0.15) is 0 Å². The molecule has 0 bridgehead atoms. The largest absolute Gasteiger partial charge is 0.408 e. The molecular formula is C3H3NOS. The number of hydrogen-bond acceptors (Lipinski definition) is 3. The lowest BCUT2D eigenvalue weighted by molar-refractivity contribution is 0.692. The Morgan fingerprint density at radius 2 is 2.67 bits per heavy atom. The predicted molar refractivity (Wildman–Crippen MR) is 22.4 cm³/mol. The van der Waals surface area contributed by atoms with Crippen LogP contribution in [0, 0.1) is 5.41 Å². The molecular weight excluding hydrogens is 98.1 g/mol. The summed E-state index contributed by atoms with van der Waals surface area (Å²) in [5.74, 6) is 0. The molecule has 3 heteroatoms. The van der Waals surface area contributed by atoms with E-state index < -0.39 is 0 Å². The first kappa shape index (κ1) is 3.61. The lowest BCUT2D eigenvalue weighted by atomic mass is 10.8. The molecule has 0 aromatic carbocycles. The number of nitrogens with one attached hydrogen (secondary N) is 1. The van der Waals surface area contributed by atoms with E-state index >= 15 is 0 Å².